The molecule has 0 amide bonds. The lowest BCUT2D eigenvalue weighted by atomic mass is 9.89. The van der Waals surface area contributed by atoms with E-state index in [4.69, 9.17) is 0 Å². The first-order valence-corrected chi connectivity index (χ1v) is 7.20. The van der Waals surface area contributed by atoms with Gasteiger partial charge < -0.3 is 4.90 Å². The van der Waals surface area contributed by atoms with E-state index in [0.717, 1.165) is 11.3 Å². The third-order valence-corrected chi connectivity index (χ3v) is 4.39. The van der Waals surface area contributed by atoms with Gasteiger partial charge in [-0.3, -0.25) is 4.79 Å². The maximum absolute atomic E-state index is 12.5. The second-order valence-corrected chi connectivity index (χ2v) is 5.74. The molecule has 3 rings (SSSR count). The SMILES string of the molecule is CN1/C(=C/c2ccccc2)C(=O)C[C@@]1(C)c1ccccc1. The maximum Gasteiger partial charge on any atom is 0.181 e. The lowest BCUT2D eigenvalue weighted by Crippen LogP contribution is -2.34. The highest BCUT2D eigenvalue weighted by Crippen LogP contribution is 2.41. The van der Waals surface area contributed by atoms with Gasteiger partial charge in [-0.25, -0.2) is 0 Å². The molecule has 0 aromatic heterocycles. The minimum absolute atomic E-state index is 0.202. The second-order valence-electron chi connectivity index (χ2n) is 5.74. The van der Waals surface area contributed by atoms with E-state index in [1.807, 2.05) is 61.7 Å². The number of allylic oxidation sites excluding steroid dienone is 1. The van der Waals surface area contributed by atoms with Crippen LogP contribution in [0.5, 0.6) is 0 Å². The molecule has 1 heterocycles. The van der Waals surface area contributed by atoms with Crippen LogP contribution in [0.4, 0.5) is 0 Å². The highest BCUT2D eigenvalue weighted by Gasteiger charge is 2.43. The summed E-state index contributed by atoms with van der Waals surface area (Å²) in [6, 6.07) is 20.2. The molecule has 2 aromatic rings. The van der Waals surface area contributed by atoms with Crippen molar-refractivity contribution in [1.29, 1.82) is 0 Å². The number of hydrogen-bond acceptors (Lipinski definition) is 2. The van der Waals surface area contributed by atoms with Gasteiger partial charge >= 0.3 is 0 Å². The molecule has 1 saturated heterocycles. The molecule has 0 spiro atoms. The number of carbonyl (C=O) groups excluding carboxylic acids is 1. The normalized spacial score (nSPS) is 23.8. The number of Topliss-reactive ketones (excluding diaryl/α,β-unsaturated/α-hetero) is 1. The Morgan fingerprint density at radius 2 is 1.57 bits per heavy atom. The minimum atomic E-state index is -0.265. The summed E-state index contributed by atoms with van der Waals surface area (Å²) in [6.45, 7) is 2.13. The Morgan fingerprint density at radius 3 is 2.19 bits per heavy atom. The van der Waals surface area contributed by atoms with E-state index < -0.39 is 0 Å². The predicted octanol–water partition coefficient (Wildman–Crippen LogP) is 3.85. The van der Waals surface area contributed by atoms with Crippen LogP contribution >= 0.6 is 0 Å². The zero-order valence-electron chi connectivity index (χ0n) is 12.4. The molecule has 2 heteroatoms. The van der Waals surface area contributed by atoms with Crippen molar-refractivity contribution in [2.45, 2.75) is 18.9 Å². The number of rotatable bonds is 2. The molecule has 2 aromatic carbocycles. The van der Waals surface area contributed by atoms with Crippen LogP contribution in [-0.2, 0) is 10.3 Å². The molecule has 0 saturated carbocycles. The van der Waals surface area contributed by atoms with Gasteiger partial charge in [-0.05, 0) is 24.1 Å². The van der Waals surface area contributed by atoms with Gasteiger partial charge in [0.2, 0.25) is 0 Å². The molecule has 1 atom stereocenters. The summed E-state index contributed by atoms with van der Waals surface area (Å²) in [5.41, 5.74) is 2.76. The van der Waals surface area contributed by atoms with Crippen molar-refractivity contribution < 1.29 is 4.79 Å². The van der Waals surface area contributed by atoms with E-state index in [1.54, 1.807) is 0 Å². The van der Waals surface area contributed by atoms with Crippen molar-refractivity contribution in [3.05, 3.63) is 77.5 Å². The lowest BCUT2D eigenvalue weighted by Gasteiger charge is -2.34. The molecule has 2 nitrogen and oxygen atoms in total. The molecule has 0 bridgehead atoms. The van der Waals surface area contributed by atoms with Gasteiger partial charge in [0.05, 0.1) is 11.2 Å². The van der Waals surface area contributed by atoms with E-state index in [1.165, 1.54) is 5.56 Å². The van der Waals surface area contributed by atoms with Crippen LogP contribution in [-0.4, -0.2) is 17.7 Å². The Kier molecular flexibility index (Phi) is 3.38. The topological polar surface area (TPSA) is 20.3 Å². The molecule has 21 heavy (non-hydrogen) atoms. The lowest BCUT2D eigenvalue weighted by molar-refractivity contribution is -0.114. The predicted molar refractivity (Wildman–Crippen MR) is 85.6 cm³/mol. The first-order chi connectivity index (χ1) is 10.1. The quantitative estimate of drug-likeness (QED) is 0.777. The summed E-state index contributed by atoms with van der Waals surface area (Å²) < 4.78 is 0. The summed E-state index contributed by atoms with van der Waals surface area (Å²) in [6.07, 6.45) is 2.50. The van der Waals surface area contributed by atoms with Gasteiger partial charge in [0.25, 0.3) is 0 Å². The average molecular weight is 277 g/mol. The van der Waals surface area contributed by atoms with Gasteiger partial charge in [-0.1, -0.05) is 60.7 Å². The van der Waals surface area contributed by atoms with Crippen LogP contribution < -0.4 is 0 Å². The minimum Gasteiger partial charge on any atom is -0.362 e. The second kappa shape index (κ2) is 5.21. The summed E-state index contributed by atoms with van der Waals surface area (Å²) in [7, 11) is 2.01. The molecular weight excluding hydrogens is 258 g/mol. The van der Waals surface area contributed by atoms with Crippen LogP contribution in [0.1, 0.15) is 24.5 Å². The van der Waals surface area contributed by atoms with E-state index in [0.29, 0.717) is 6.42 Å². The standard InChI is InChI=1S/C19H19NO/c1-19(16-11-7-4-8-12-16)14-18(21)17(20(19)2)13-15-9-5-3-6-10-15/h3-13H,14H2,1-2H3/b17-13+/t19-/m0/s1. The van der Waals surface area contributed by atoms with Crippen LogP contribution in [0.15, 0.2) is 66.4 Å². The fourth-order valence-corrected chi connectivity index (χ4v) is 2.95. The Labute approximate surface area is 125 Å². The van der Waals surface area contributed by atoms with Crippen LogP contribution in [0.25, 0.3) is 6.08 Å². The number of benzene rings is 2. The van der Waals surface area contributed by atoms with Gasteiger partial charge in [-0.15, -0.1) is 0 Å². The number of likely N-dealkylation sites (N-methyl/N-ethyl adjacent to an activating group) is 1. The van der Waals surface area contributed by atoms with Crippen molar-refractivity contribution >= 4 is 11.9 Å². The highest BCUT2D eigenvalue weighted by atomic mass is 16.1. The molecule has 0 radical (unpaired) electrons. The Balaban J connectivity index is 2.00. The fourth-order valence-electron chi connectivity index (χ4n) is 2.95. The number of carbonyl (C=O) groups is 1. The summed E-state index contributed by atoms with van der Waals surface area (Å²) in [4.78, 5) is 14.6. The average Bonchev–Trinajstić information content (AvgIpc) is 2.74. The monoisotopic (exact) mass is 277 g/mol. The van der Waals surface area contributed by atoms with Crippen LogP contribution in [0.3, 0.4) is 0 Å². The van der Waals surface area contributed by atoms with Crippen LogP contribution in [0.2, 0.25) is 0 Å². The molecular formula is C19H19NO. The number of likely N-dealkylation sites (tertiary alicyclic amines) is 1. The summed E-state index contributed by atoms with van der Waals surface area (Å²) in [5.74, 6) is 0.202. The van der Waals surface area contributed by atoms with Crippen LogP contribution in [0, 0.1) is 0 Å². The van der Waals surface area contributed by atoms with Gasteiger partial charge in [0.15, 0.2) is 5.78 Å². The fraction of sp³-hybridized carbons (Fsp3) is 0.211. The largest absolute Gasteiger partial charge is 0.362 e. The molecule has 1 fully saturated rings. The molecule has 0 N–H and O–H groups in total. The van der Waals surface area contributed by atoms with Crippen molar-refractivity contribution in [3.63, 3.8) is 0 Å². The smallest absolute Gasteiger partial charge is 0.181 e. The van der Waals surface area contributed by atoms with Gasteiger partial charge in [0, 0.05) is 13.5 Å². The molecule has 0 aliphatic carbocycles. The highest BCUT2D eigenvalue weighted by molar-refractivity contribution is 6.02. The zero-order chi connectivity index (χ0) is 14.9. The van der Waals surface area contributed by atoms with E-state index in [-0.39, 0.29) is 11.3 Å². The van der Waals surface area contributed by atoms with E-state index in [2.05, 4.69) is 24.0 Å². The van der Waals surface area contributed by atoms with Crippen molar-refractivity contribution in [2.24, 2.45) is 0 Å². The first-order valence-electron chi connectivity index (χ1n) is 7.20. The summed E-state index contributed by atoms with van der Waals surface area (Å²) >= 11 is 0. The molecule has 0 unspecified atom stereocenters. The van der Waals surface area contributed by atoms with Gasteiger partial charge in [0.1, 0.15) is 0 Å². The zero-order valence-corrected chi connectivity index (χ0v) is 12.4. The molecule has 106 valence electrons. The Bertz CT molecular complexity index is 675. The Hall–Kier alpha value is -2.35. The number of nitrogens with zero attached hydrogens (tertiary/aromatic N) is 1. The maximum atomic E-state index is 12.5. The third-order valence-electron chi connectivity index (χ3n) is 4.39. The molecule has 1 aliphatic rings. The number of hydrogen-bond donors (Lipinski definition) is 0. The molecule has 1 aliphatic heterocycles. The first kappa shape index (κ1) is 13.6. The van der Waals surface area contributed by atoms with Gasteiger partial charge in [-0.2, -0.15) is 0 Å². The van der Waals surface area contributed by atoms with E-state index in [9.17, 15) is 4.79 Å². The summed E-state index contributed by atoms with van der Waals surface area (Å²) in [5, 5.41) is 0. The van der Waals surface area contributed by atoms with Crippen molar-refractivity contribution in [1.82, 2.24) is 4.90 Å². The number of ketones is 1. The van der Waals surface area contributed by atoms with Crippen molar-refractivity contribution in [2.75, 3.05) is 7.05 Å². The third kappa shape index (κ3) is 2.38. The van der Waals surface area contributed by atoms with Crippen molar-refractivity contribution in [3.8, 4) is 0 Å². The van der Waals surface area contributed by atoms with E-state index >= 15 is 0 Å². The Morgan fingerprint density at radius 1 is 1.00 bits per heavy atom.